The molecular formula is C26H35NO. The average molecular weight is 378 g/mol. The number of rotatable bonds is 5. The third-order valence-corrected chi connectivity index (χ3v) is 7.58. The van der Waals surface area contributed by atoms with E-state index in [1.54, 1.807) is 6.07 Å². The third kappa shape index (κ3) is 3.72. The quantitative estimate of drug-likeness (QED) is 0.623. The van der Waals surface area contributed by atoms with Gasteiger partial charge in [-0.3, -0.25) is 0 Å². The summed E-state index contributed by atoms with van der Waals surface area (Å²) < 4.78 is 0. The lowest BCUT2D eigenvalue weighted by molar-refractivity contribution is -0.00795. The number of nitrogens with zero attached hydrogens (tertiary/aromatic N) is 1. The molecule has 0 spiro atoms. The van der Waals surface area contributed by atoms with Gasteiger partial charge in [-0.2, -0.15) is 0 Å². The first-order chi connectivity index (χ1) is 13.5. The summed E-state index contributed by atoms with van der Waals surface area (Å²) in [6.45, 7) is 10.3. The molecule has 1 saturated carbocycles. The Morgan fingerprint density at radius 3 is 2.89 bits per heavy atom. The van der Waals surface area contributed by atoms with Crippen LogP contribution < -0.4 is 0 Å². The van der Waals surface area contributed by atoms with Crippen LogP contribution in [-0.2, 0) is 5.41 Å². The van der Waals surface area contributed by atoms with E-state index in [-0.39, 0.29) is 10.8 Å². The minimum atomic E-state index is 0.117. The van der Waals surface area contributed by atoms with E-state index in [0.717, 1.165) is 32.4 Å². The SMILES string of the molecule is C=C1CCC2(C)CN(CCCC3=CCCC=C3)CCC2(c2cccc(O)c2)C1. The van der Waals surface area contributed by atoms with Crippen LogP contribution in [0.5, 0.6) is 5.75 Å². The van der Waals surface area contributed by atoms with Gasteiger partial charge in [-0.15, -0.1) is 0 Å². The summed E-state index contributed by atoms with van der Waals surface area (Å²) in [5.74, 6) is 0.390. The molecule has 2 fully saturated rings. The summed E-state index contributed by atoms with van der Waals surface area (Å²) in [4.78, 5) is 2.70. The molecule has 150 valence electrons. The van der Waals surface area contributed by atoms with Gasteiger partial charge >= 0.3 is 0 Å². The van der Waals surface area contributed by atoms with Crippen molar-refractivity contribution in [3.05, 3.63) is 65.8 Å². The van der Waals surface area contributed by atoms with E-state index >= 15 is 0 Å². The number of allylic oxidation sites excluding steroid dienone is 5. The summed E-state index contributed by atoms with van der Waals surface area (Å²) in [5.41, 5.74) is 4.58. The molecular weight excluding hydrogens is 342 g/mol. The Hall–Kier alpha value is -1.80. The number of phenolic OH excluding ortho intramolecular Hbond substituents is 1. The summed E-state index contributed by atoms with van der Waals surface area (Å²) in [7, 11) is 0. The van der Waals surface area contributed by atoms with Gasteiger partial charge in [0.05, 0.1) is 0 Å². The summed E-state index contributed by atoms with van der Waals surface area (Å²) in [6, 6.07) is 8.04. The molecule has 1 saturated heterocycles. The molecule has 2 aliphatic carbocycles. The Labute approximate surface area is 170 Å². The van der Waals surface area contributed by atoms with E-state index in [1.807, 2.05) is 12.1 Å². The van der Waals surface area contributed by atoms with Crippen molar-refractivity contribution in [3.63, 3.8) is 0 Å². The van der Waals surface area contributed by atoms with Crippen molar-refractivity contribution >= 4 is 0 Å². The van der Waals surface area contributed by atoms with Crippen LogP contribution in [0.3, 0.4) is 0 Å². The second-order valence-electron chi connectivity index (χ2n) is 9.51. The Kier molecular flexibility index (Phi) is 5.51. The molecule has 0 radical (unpaired) electrons. The predicted octanol–water partition coefficient (Wildman–Crippen LogP) is 6.14. The van der Waals surface area contributed by atoms with E-state index in [4.69, 9.17) is 0 Å². The topological polar surface area (TPSA) is 23.5 Å². The van der Waals surface area contributed by atoms with Crippen molar-refractivity contribution in [2.24, 2.45) is 5.41 Å². The lowest BCUT2D eigenvalue weighted by Crippen LogP contribution is -2.58. The van der Waals surface area contributed by atoms with E-state index < -0.39 is 0 Å². The Morgan fingerprint density at radius 2 is 2.11 bits per heavy atom. The van der Waals surface area contributed by atoms with Crippen LogP contribution in [0, 0.1) is 5.41 Å². The highest BCUT2D eigenvalue weighted by Crippen LogP contribution is 2.58. The second kappa shape index (κ2) is 7.91. The molecule has 4 rings (SSSR count). The molecule has 2 atom stereocenters. The van der Waals surface area contributed by atoms with Crippen LogP contribution in [0.15, 0.2) is 60.2 Å². The summed E-state index contributed by atoms with van der Waals surface area (Å²) >= 11 is 0. The van der Waals surface area contributed by atoms with Crippen molar-refractivity contribution in [1.29, 1.82) is 0 Å². The highest BCUT2D eigenvalue weighted by Gasteiger charge is 2.54. The summed E-state index contributed by atoms with van der Waals surface area (Å²) in [5, 5.41) is 10.1. The molecule has 1 aromatic rings. The molecule has 0 bridgehead atoms. The number of likely N-dealkylation sites (tertiary alicyclic amines) is 1. The average Bonchev–Trinajstić information content (AvgIpc) is 2.69. The molecule has 1 N–H and O–H groups in total. The first kappa shape index (κ1) is 19.5. The van der Waals surface area contributed by atoms with Gasteiger partial charge in [0.1, 0.15) is 5.75 Å². The van der Waals surface area contributed by atoms with Gasteiger partial charge in [-0.25, -0.2) is 0 Å². The van der Waals surface area contributed by atoms with Gasteiger partial charge in [0.2, 0.25) is 0 Å². The monoisotopic (exact) mass is 377 g/mol. The molecule has 0 aromatic heterocycles. The van der Waals surface area contributed by atoms with Gasteiger partial charge in [-0.1, -0.05) is 55.0 Å². The number of hydrogen-bond donors (Lipinski definition) is 1. The largest absolute Gasteiger partial charge is 0.508 e. The maximum Gasteiger partial charge on any atom is 0.115 e. The lowest BCUT2D eigenvalue weighted by Gasteiger charge is -2.58. The minimum absolute atomic E-state index is 0.117. The van der Waals surface area contributed by atoms with Gasteiger partial charge in [0.15, 0.2) is 0 Å². The van der Waals surface area contributed by atoms with Gasteiger partial charge in [0, 0.05) is 12.0 Å². The molecule has 28 heavy (non-hydrogen) atoms. The van der Waals surface area contributed by atoms with Crippen LogP contribution in [0.4, 0.5) is 0 Å². The second-order valence-corrected chi connectivity index (χ2v) is 9.51. The maximum absolute atomic E-state index is 10.1. The minimum Gasteiger partial charge on any atom is -0.508 e. The van der Waals surface area contributed by atoms with Crippen LogP contribution >= 0.6 is 0 Å². The number of aromatic hydroxyl groups is 1. The fourth-order valence-electron chi connectivity index (χ4n) is 5.91. The number of hydrogen-bond acceptors (Lipinski definition) is 2. The highest BCUT2D eigenvalue weighted by molar-refractivity contribution is 5.38. The Morgan fingerprint density at radius 1 is 1.21 bits per heavy atom. The molecule has 1 heterocycles. The normalized spacial score (nSPS) is 30.8. The molecule has 1 aromatic carbocycles. The zero-order valence-corrected chi connectivity index (χ0v) is 17.4. The van der Waals surface area contributed by atoms with Gasteiger partial charge in [0.25, 0.3) is 0 Å². The van der Waals surface area contributed by atoms with Crippen molar-refractivity contribution in [3.8, 4) is 5.75 Å². The van der Waals surface area contributed by atoms with E-state index in [0.29, 0.717) is 5.75 Å². The zero-order chi connectivity index (χ0) is 19.6. The number of benzene rings is 1. The first-order valence-electron chi connectivity index (χ1n) is 11.0. The van der Waals surface area contributed by atoms with E-state index in [2.05, 4.69) is 42.7 Å². The molecule has 2 heteroatoms. The highest BCUT2D eigenvalue weighted by atomic mass is 16.3. The van der Waals surface area contributed by atoms with E-state index in [9.17, 15) is 5.11 Å². The van der Waals surface area contributed by atoms with Crippen molar-refractivity contribution in [2.75, 3.05) is 19.6 Å². The van der Waals surface area contributed by atoms with Gasteiger partial charge in [-0.05, 0) is 87.6 Å². The predicted molar refractivity (Wildman–Crippen MR) is 118 cm³/mol. The van der Waals surface area contributed by atoms with Crippen molar-refractivity contribution in [1.82, 2.24) is 4.90 Å². The van der Waals surface area contributed by atoms with Crippen molar-refractivity contribution in [2.45, 2.75) is 63.7 Å². The maximum atomic E-state index is 10.1. The molecule has 2 unspecified atom stereocenters. The van der Waals surface area contributed by atoms with Crippen LogP contribution in [0.2, 0.25) is 0 Å². The lowest BCUT2D eigenvalue weighted by atomic mass is 9.50. The zero-order valence-electron chi connectivity index (χ0n) is 17.4. The first-order valence-corrected chi connectivity index (χ1v) is 11.0. The van der Waals surface area contributed by atoms with Crippen LogP contribution in [0.25, 0.3) is 0 Å². The number of piperidine rings is 1. The standard InChI is InChI=1S/C26H35NO/c1-21-13-14-25(2)20-27(16-7-10-22-8-4-3-5-9-22)17-15-26(25,19-21)23-11-6-12-24(28)18-23/h4,6,8-9,11-12,18,28H,1,3,5,7,10,13-17,19-20H2,2H3. The molecule has 0 amide bonds. The molecule has 3 aliphatic rings. The fraction of sp³-hybridized carbons (Fsp3) is 0.538. The van der Waals surface area contributed by atoms with Crippen LogP contribution in [0.1, 0.15) is 63.9 Å². The summed E-state index contributed by atoms with van der Waals surface area (Å²) in [6.07, 6.45) is 16.5. The third-order valence-electron chi connectivity index (χ3n) is 7.58. The smallest absolute Gasteiger partial charge is 0.115 e. The Bertz CT molecular complexity index is 791. The number of fused-ring (bicyclic) bond motifs is 1. The van der Waals surface area contributed by atoms with Crippen LogP contribution in [-0.4, -0.2) is 29.6 Å². The van der Waals surface area contributed by atoms with Crippen molar-refractivity contribution < 1.29 is 5.11 Å². The molecule has 2 nitrogen and oxygen atoms in total. The Balaban J connectivity index is 1.48. The fourth-order valence-corrected chi connectivity index (χ4v) is 5.91. The van der Waals surface area contributed by atoms with E-state index in [1.165, 1.54) is 55.4 Å². The number of phenols is 1. The molecule has 1 aliphatic heterocycles. The van der Waals surface area contributed by atoms with Gasteiger partial charge < -0.3 is 10.0 Å².